The van der Waals surface area contributed by atoms with Crippen LogP contribution in [0.15, 0.2) is 60.7 Å². The molecule has 0 N–H and O–H groups in total. The standard InChI is InChI=1S/C21H24N2O2/c1-17(15-21(25)22-14-8-13-20(22)24)16-23(18-9-4-2-5-10-18)19-11-6-3-7-12-19/h2-7,9-12,17H,8,13-16H2,1H3. The van der Waals surface area contributed by atoms with Crippen molar-refractivity contribution in [2.24, 2.45) is 5.92 Å². The van der Waals surface area contributed by atoms with Gasteiger partial charge in [0.15, 0.2) is 0 Å². The van der Waals surface area contributed by atoms with Gasteiger partial charge in [0.05, 0.1) is 0 Å². The highest BCUT2D eigenvalue weighted by molar-refractivity contribution is 5.96. The maximum absolute atomic E-state index is 12.4. The fourth-order valence-corrected chi connectivity index (χ4v) is 3.27. The summed E-state index contributed by atoms with van der Waals surface area (Å²) in [6.07, 6.45) is 1.68. The van der Waals surface area contributed by atoms with E-state index in [1.54, 1.807) is 0 Å². The van der Waals surface area contributed by atoms with Gasteiger partial charge in [-0.25, -0.2) is 0 Å². The molecule has 0 radical (unpaired) electrons. The van der Waals surface area contributed by atoms with E-state index in [0.717, 1.165) is 24.3 Å². The Morgan fingerprint density at radius 1 is 1.04 bits per heavy atom. The minimum atomic E-state index is -0.0453. The van der Waals surface area contributed by atoms with Crippen LogP contribution < -0.4 is 4.90 Å². The molecule has 2 amide bonds. The monoisotopic (exact) mass is 336 g/mol. The fraction of sp³-hybridized carbons (Fsp3) is 0.333. The summed E-state index contributed by atoms with van der Waals surface area (Å²) in [4.78, 5) is 27.8. The van der Waals surface area contributed by atoms with Gasteiger partial charge in [-0.1, -0.05) is 43.3 Å². The van der Waals surface area contributed by atoms with E-state index in [9.17, 15) is 9.59 Å². The summed E-state index contributed by atoms with van der Waals surface area (Å²) in [5.74, 6) is 0.0672. The Balaban J connectivity index is 1.72. The number of carbonyl (C=O) groups excluding carboxylic acids is 2. The lowest BCUT2D eigenvalue weighted by Crippen LogP contribution is -2.34. The second kappa shape index (κ2) is 7.97. The molecule has 1 fully saturated rings. The van der Waals surface area contributed by atoms with Crippen LogP contribution in [0.5, 0.6) is 0 Å². The third-order valence-electron chi connectivity index (χ3n) is 4.53. The van der Waals surface area contributed by atoms with Crippen molar-refractivity contribution in [3.63, 3.8) is 0 Å². The number of carbonyl (C=O) groups is 2. The lowest BCUT2D eigenvalue weighted by atomic mass is 10.1. The van der Waals surface area contributed by atoms with Crippen LogP contribution in [0.1, 0.15) is 26.2 Å². The molecule has 0 aromatic heterocycles. The normalized spacial score (nSPS) is 15.2. The molecule has 4 nitrogen and oxygen atoms in total. The summed E-state index contributed by atoms with van der Waals surface area (Å²) < 4.78 is 0. The zero-order valence-corrected chi connectivity index (χ0v) is 14.6. The van der Waals surface area contributed by atoms with Crippen LogP contribution in [0, 0.1) is 5.92 Å². The second-order valence-corrected chi connectivity index (χ2v) is 6.63. The number of hydrogen-bond donors (Lipinski definition) is 0. The van der Waals surface area contributed by atoms with Crippen molar-refractivity contribution in [1.29, 1.82) is 0 Å². The third kappa shape index (κ3) is 4.27. The van der Waals surface area contributed by atoms with Gasteiger partial charge in [-0.3, -0.25) is 14.5 Å². The number of imide groups is 1. The molecule has 1 heterocycles. The van der Waals surface area contributed by atoms with E-state index in [-0.39, 0.29) is 17.7 Å². The first kappa shape index (κ1) is 17.2. The van der Waals surface area contributed by atoms with Crippen molar-refractivity contribution in [2.75, 3.05) is 18.0 Å². The molecule has 2 aromatic carbocycles. The predicted octanol–water partition coefficient (Wildman–Crippen LogP) is 4.00. The van der Waals surface area contributed by atoms with Gasteiger partial charge in [-0.05, 0) is 36.6 Å². The van der Waals surface area contributed by atoms with Gasteiger partial charge in [0.1, 0.15) is 0 Å². The second-order valence-electron chi connectivity index (χ2n) is 6.63. The van der Waals surface area contributed by atoms with Gasteiger partial charge in [0, 0.05) is 37.3 Å². The van der Waals surface area contributed by atoms with E-state index in [2.05, 4.69) is 36.1 Å². The summed E-state index contributed by atoms with van der Waals surface area (Å²) in [6, 6.07) is 20.4. The molecular weight excluding hydrogens is 312 g/mol. The minimum absolute atomic E-state index is 0.0276. The average molecular weight is 336 g/mol. The summed E-state index contributed by atoms with van der Waals surface area (Å²) >= 11 is 0. The Kier molecular flexibility index (Phi) is 5.49. The van der Waals surface area contributed by atoms with E-state index < -0.39 is 0 Å². The molecule has 3 rings (SSSR count). The van der Waals surface area contributed by atoms with Crippen molar-refractivity contribution >= 4 is 23.2 Å². The van der Waals surface area contributed by atoms with E-state index in [1.165, 1.54) is 4.90 Å². The summed E-state index contributed by atoms with van der Waals surface area (Å²) in [6.45, 7) is 3.37. The van der Waals surface area contributed by atoms with Crippen molar-refractivity contribution in [2.45, 2.75) is 26.2 Å². The number of anilines is 2. The lowest BCUT2D eigenvalue weighted by molar-refractivity contribution is -0.142. The Hall–Kier alpha value is -2.62. The first-order chi connectivity index (χ1) is 12.1. The van der Waals surface area contributed by atoms with Crippen LogP contribution in [-0.4, -0.2) is 29.8 Å². The van der Waals surface area contributed by atoms with Crippen LogP contribution in [-0.2, 0) is 9.59 Å². The number of nitrogens with zero attached hydrogens (tertiary/aromatic N) is 2. The minimum Gasteiger partial charge on any atom is -0.341 e. The van der Waals surface area contributed by atoms with Crippen molar-refractivity contribution in [3.05, 3.63) is 60.7 Å². The van der Waals surface area contributed by atoms with Crippen LogP contribution in [0.3, 0.4) is 0 Å². The van der Waals surface area contributed by atoms with Gasteiger partial charge in [-0.15, -0.1) is 0 Å². The molecule has 0 spiro atoms. The molecule has 4 heteroatoms. The largest absolute Gasteiger partial charge is 0.341 e. The SMILES string of the molecule is CC(CC(=O)N1CCCC1=O)CN(c1ccccc1)c1ccccc1. The molecule has 1 saturated heterocycles. The number of para-hydroxylation sites is 2. The smallest absolute Gasteiger partial charge is 0.229 e. The summed E-state index contributed by atoms with van der Waals surface area (Å²) in [7, 11) is 0. The lowest BCUT2D eigenvalue weighted by Gasteiger charge is -2.28. The quantitative estimate of drug-likeness (QED) is 0.800. The molecule has 1 atom stereocenters. The predicted molar refractivity (Wildman–Crippen MR) is 99.6 cm³/mol. The van der Waals surface area contributed by atoms with Crippen LogP contribution in [0.4, 0.5) is 11.4 Å². The maximum atomic E-state index is 12.4. The Morgan fingerprint density at radius 3 is 2.08 bits per heavy atom. The van der Waals surface area contributed by atoms with Crippen LogP contribution in [0.2, 0.25) is 0 Å². The molecule has 0 aliphatic carbocycles. The zero-order valence-electron chi connectivity index (χ0n) is 14.6. The molecule has 130 valence electrons. The molecule has 1 aliphatic heterocycles. The van der Waals surface area contributed by atoms with Crippen molar-refractivity contribution < 1.29 is 9.59 Å². The maximum Gasteiger partial charge on any atom is 0.229 e. The first-order valence-electron chi connectivity index (χ1n) is 8.86. The van der Waals surface area contributed by atoms with E-state index in [4.69, 9.17) is 0 Å². The number of rotatable bonds is 6. The molecule has 1 unspecified atom stereocenters. The Labute approximate surface area is 149 Å². The van der Waals surface area contributed by atoms with Gasteiger partial charge in [0.2, 0.25) is 11.8 Å². The van der Waals surface area contributed by atoms with Gasteiger partial charge < -0.3 is 4.90 Å². The Morgan fingerprint density at radius 2 is 1.60 bits per heavy atom. The first-order valence-corrected chi connectivity index (χ1v) is 8.86. The van der Waals surface area contributed by atoms with Gasteiger partial charge >= 0.3 is 0 Å². The zero-order chi connectivity index (χ0) is 17.6. The number of likely N-dealkylation sites (tertiary alicyclic amines) is 1. The molecule has 25 heavy (non-hydrogen) atoms. The highest BCUT2D eigenvalue weighted by Crippen LogP contribution is 2.27. The molecule has 2 aromatic rings. The number of amides is 2. The molecular formula is C21H24N2O2. The Bertz CT molecular complexity index is 676. The number of hydrogen-bond acceptors (Lipinski definition) is 3. The van der Waals surface area contributed by atoms with Crippen LogP contribution >= 0.6 is 0 Å². The van der Waals surface area contributed by atoms with E-state index in [0.29, 0.717) is 19.4 Å². The average Bonchev–Trinajstić information content (AvgIpc) is 3.07. The highest BCUT2D eigenvalue weighted by atomic mass is 16.2. The van der Waals surface area contributed by atoms with Crippen molar-refractivity contribution in [1.82, 2.24) is 4.90 Å². The van der Waals surface area contributed by atoms with Crippen molar-refractivity contribution in [3.8, 4) is 0 Å². The van der Waals surface area contributed by atoms with Gasteiger partial charge in [0.25, 0.3) is 0 Å². The van der Waals surface area contributed by atoms with Gasteiger partial charge in [-0.2, -0.15) is 0 Å². The molecule has 0 saturated carbocycles. The summed E-state index contributed by atoms with van der Waals surface area (Å²) in [5, 5.41) is 0. The molecule has 1 aliphatic rings. The highest BCUT2D eigenvalue weighted by Gasteiger charge is 2.27. The van der Waals surface area contributed by atoms with E-state index >= 15 is 0 Å². The third-order valence-corrected chi connectivity index (χ3v) is 4.53. The number of benzene rings is 2. The fourth-order valence-electron chi connectivity index (χ4n) is 3.27. The van der Waals surface area contributed by atoms with Crippen LogP contribution in [0.25, 0.3) is 0 Å². The topological polar surface area (TPSA) is 40.6 Å². The molecule has 0 bridgehead atoms. The van der Waals surface area contributed by atoms with E-state index in [1.807, 2.05) is 36.4 Å². The summed E-state index contributed by atoms with van der Waals surface area (Å²) in [5.41, 5.74) is 2.20.